The summed E-state index contributed by atoms with van der Waals surface area (Å²) in [4.78, 5) is 28.1. The van der Waals surface area contributed by atoms with E-state index < -0.39 is 0 Å². The molecule has 2 N–H and O–H groups in total. The monoisotopic (exact) mass is 1160 g/mol. The van der Waals surface area contributed by atoms with Gasteiger partial charge in [0.1, 0.15) is 0 Å². The third kappa shape index (κ3) is 10.8. The summed E-state index contributed by atoms with van der Waals surface area (Å²) in [5.74, 6) is -0.320. The number of allylic oxidation sites excluding steroid dienone is 2. The third-order valence-electron chi connectivity index (χ3n) is 13.0. The summed E-state index contributed by atoms with van der Waals surface area (Å²) in [6.45, 7) is 6.07. The fourth-order valence-corrected chi connectivity index (χ4v) is 13.4. The maximum atomic E-state index is 13.6. The Morgan fingerprint density at radius 2 is 1.24 bits per heavy atom. The number of hydrogen-bond acceptors (Lipinski definition) is 8. The molecule has 2 aliphatic carbocycles. The van der Waals surface area contributed by atoms with Crippen LogP contribution in [0.1, 0.15) is 132 Å². The lowest BCUT2D eigenvalue weighted by Gasteiger charge is -2.38. The number of hydrogen-bond donors (Lipinski definition) is 2. The average Bonchev–Trinajstić information content (AvgIpc) is 4.12. The molecule has 0 bridgehead atoms. The standard InChI is InChI=1S/C26H27BrCl2N4OS.C24H23BrCl2N4OS/c1-15-5-3-6-16(2)32(15)31-26(34)24-19-8-4-7-17(13-23-20(27)11-12-35-23)25(19)33(30-24)22-10-9-18(28)14-21(22)29;25-19-14-33-13-16(19)11-15-5-4-6-18-22(24(32)29-30-9-2-1-3-10-30)28-31(23(15)18)21-8-7-17(26)12-20(21)27/h9-16H,3-8H2,1-2H3,(H,31,34);7-8,11-14H,1-6,9-10H2,(H,29,32)/b17-13+;15-11+. The van der Waals surface area contributed by atoms with Crippen molar-refractivity contribution in [3.8, 4) is 11.4 Å². The van der Waals surface area contributed by atoms with Crippen molar-refractivity contribution in [2.24, 2.45) is 0 Å². The highest BCUT2D eigenvalue weighted by Crippen LogP contribution is 2.41. The van der Waals surface area contributed by atoms with Gasteiger partial charge in [0.2, 0.25) is 0 Å². The van der Waals surface area contributed by atoms with Gasteiger partial charge in [-0.15, -0.1) is 11.3 Å². The van der Waals surface area contributed by atoms with Gasteiger partial charge < -0.3 is 0 Å². The van der Waals surface area contributed by atoms with Gasteiger partial charge in [0.25, 0.3) is 11.8 Å². The number of amides is 2. The molecule has 2 aliphatic heterocycles. The first-order chi connectivity index (χ1) is 32.8. The first-order valence-electron chi connectivity index (χ1n) is 23.0. The molecule has 2 atom stereocenters. The zero-order valence-corrected chi connectivity index (χ0v) is 45.4. The van der Waals surface area contributed by atoms with Crippen molar-refractivity contribution < 1.29 is 9.59 Å². The Balaban J connectivity index is 0.000000170. The second-order valence-electron chi connectivity index (χ2n) is 17.7. The van der Waals surface area contributed by atoms with Gasteiger partial charge in [-0.25, -0.2) is 19.4 Å². The number of benzene rings is 2. The Morgan fingerprint density at radius 1 is 0.676 bits per heavy atom. The van der Waals surface area contributed by atoms with Crippen LogP contribution in [0.2, 0.25) is 20.1 Å². The average molecular weight is 1160 g/mol. The minimum atomic E-state index is -0.163. The van der Waals surface area contributed by atoms with Crippen molar-refractivity contribution in [2.45, 2.75) is 103 Å². The van der Waals surface area contributed by atoms with Gasteiger partial charge >= 0.3 is 0 Å². The normalized spacial score (nSPS) is 19.9. The van der Waals surface area contributed by atoms with Gasteiger partial charge in [-0.05, 0) is 192 Å². The Bertz CT molecular complexity index is 2910. The van der Waals surface area contributed by atoms with Gasteiger partial charge in [0, 0.05) is 65.5 Å². The van der Waals surface area contributed by atoms with E-state index >= 15 is 0 Å². The predicted octanol–water partition coefficient (Wildman–Crippen LogP) is 14.8. The van der Waals surface area contributed by atoms with Gasteiger partial charge in [-0.3, -0.25) is 20.4 Å². The molecular weight excluding hydrogens is 1110 g/mol. The number of nitrogens with zero attached hydrogens (tertiary/aromatic N) is 6. The fourth-order valence-electron chi connectivity index (χ4n) is 9.65. The van der Waals surface area contributed by atoms with Crippen molar-refractivity contribution in [1.82, 2.24) is 40.4 Å². The number of halogens is 6. The van der Waals surface area contributed by atoms with Crippen molar-refractivity contribution in [2.75, 3.05) is 13.1 Å². The van der Waals surface area contributed by atoms with E-state index in [2.05, 4.69) is 89.9 Å². The molecule has 0 radical (unpaired) electrons. The quantitative estimate of drug-likeness (QED) is 0.157. The van der Waals surface area contributed by atoms with E-state index in [9.17, 15) is 9.59 Å². The number of piperidine rings is 2. The first kappa shape index (κ1) is 49.7. The Hall–Kier alpha value is -3.28. The molecule has 6 heterocycles. The van der Waals surface area contributed by atoms with Gasteiger partial charge in [0.05, 0.1) is 32.8 Å². The van der Waals surface area contributed by atoms with E-state index in [4.69, 9.17) is 56.6 Å². The van der Waals surface area contributed by atoms with Crippen LogP contribution in [0.25, 0.3) is 34.7 Å². The lowest BCUT2D eigenvalue weighted by Crippen LogP contribution is -2.54. The highest BCUT2D eigenvalue weighted by molar-refractivity contribution is 9.11. The smallest absolute Gasteiger partial charge is 0.283 e. The first-order valence-corrected chi connectivity index (χ1v) is 27.9. The number of hydrazine groups is 2. The zero-order valence-electron chi connectivity index (χ0n) is 37.6. The fraction of sp³-hybridized carbons (Fsp3) is 0.360. The van der Waals surface area contributed by atoms with Crippen LogP contribution in [0, 0.1) is 0 Å². The third-order valence-corrected chi connectivity index (χ3v) is 17.6. The second-order valence-corrected chi connectivity index (χ2v) is 22.8. The van der Waals surface area contributed by atoms with Crippen molar-refractivity contribution in [1.29, 1.82) is 0 Å². The molecule has 2 fully saturated rings. The summed E-state index contributed by atoms with van der Waals surface area (Å²) in [5, 5.41) is 22.2. The van der Waals surface area contributed by atoms with Crippen LogP contribution in [0.15, 0.2) is 67.6 Å². The van der Waals surface area contributed by atoms with E-state index in [-0.39, 0.29) is 23.9 Å². The second kappa shape index (κ2) is 22.0. The summed E-state index contributed by atoms with van der Waals surface area (Å²) in [7, 11) is 0. The number of fused-ring (bicyclic) bond motifs is 2. The molecule has 0 spiro atoms. The SMILES string of the molecule is CC1CCCC(C)N1NC(=O)c1nn(-c2ccc(Cl)cc2Cl)c2c1CCC/C2=C\c1sccc1Br.O=C(NN1CCCCC1)c1nn(-c2ccc(Cl)cc2Cl)c2c1CCC/C2=C\c1cscc1Br. The van der Waals surface area contributed by atoms with Gasteiger partial charge in [-0.1, -0.05) is 59.2 Å². The summed E-state index contributed by atoms with van der Waals surface area (Å²) in [6, 6.07) is 13.4. The highest BCUT2D eigenvalue weighted by atomic mass is 79.9. The van der Waals surface area contributed by atoms with Crippen LogP contribution in [0.5, 0.6) is 0 Å². The van der Waals surface area contributed by atoms with Crippen LogP contribution in [-0.4, -0.2) is 66.6 Å². The number of thiophene rings is 2. The van der Waals surface area contributed by atoms with Crippen LogP contribution in [0.3, 0.4) is 0 Å². The Labute approximate surface area is 441 Å². The van der Waals surface area contributed by atoms with Crippen molar-refractivity contribution in [3.05, 3.63) is 132 Å². The summed E-state index contributed by atoms with van der Waals surface area (Å²) in [5.41, 5.74) is 15.9. The number of rotatable bonds is 8. The molecule has 2 aromatic carbocycles. The Kier molecular flexibility index (Phi) is 16.1. The van der Waals surface area contributed by atoms with Crippen LogP contribution in [-0.2, 0) is 12.8 Å². The number of aromatic nitrogens is 4. The molecule has 2 amide bonds. The minimum absolute atomic E-state index is 0.157. The molecule has 10 rings (SSSR count). The lowest BCUT2D eigenvalue weighted by molar-refractivity contribution is 0.0365. The maximum absolute atomic E-state index is 13.6. The molecule has 68 heavy (non-hydrogen) atoms. The molecule has 356 valence electrons. The topological polar surface area (TPSA) is 100 Å². The highest BCUT2D eigenvalue weighted by Gasteiger charge is 2.34. The van der Waals surface area contributed by atoms with E-state index in [0.717, 1.165) is 130 Å². The molecular formula is C50H50Br2Cl4N8O2S2. The van der Waals surface area contributed by atoms with Gasteiger partial charge in [0.15, 0.2) is 11.4 Å². The van der Waals surface area contributed by atoms with E-state index in [0.29, 0.717) is 42.9 Å². The van der Waals surface area contributed by atoms with E-state index in [1.54, 1.807) is 46.9 Å². The van der Waals surface area contributed by atoms with Crippen molar-refractivity contribution >= 4 is 136 Å². The van der Waals surface area contributed by atoms with E-state index in [1.807, 2.05) is 32.6 Å². The minimum Gasteiger partial charge on any atom is -0.283 e. The van der Waals surface area contributed by atoms with E-state index in [1.165, 1.54) is 12.8 Å². The number of nitrogens with one attached hydrogen (secondary N) is 2. The zero-order chi connectivity index (χ0) is 47.6. The maximum Gasteiger partial charge on any atom is 0.286 e. The van der Waals surface area contributed by atoms with Crippen LogP contribution in [0.4, 0.5) is 0 Å². The van der Waals surface area contributed by atoms with Gasteiger partial charge in [-0.2, -0.15) is 21.5 Å². The van der Waals surface area contributed by atoms with Crippen molar-refractivity contribution in [3.63, 3.8) is 0 Å². The molecule has 2 unspecified atom stereocenters. The van der Waals surface area contributed by atoms with Crippen LogP contribution >= 0.6 is 101 Å². The summed E-state index contributed by atoms with van der Waals surface area (Å²) in [6.07, 6.45) is 16.4. The summed E-state index contributed by atoms with van der Waals surface area (Å²) >= 11 is 36.2. The molecule has 4 aromatic heterocycles. The molecule has 18 heteroatoms. The molecule has 10 nitrogen and oxygen atoms in total. The Morgan fingerprint density at radius 3 is 1.75 bits per heavy atom. The number of carbonyl (C=O) groups is 2. The van der Waals surface area contributed by atoms with Crippen LogP contribution < -0.4 is 10.9 Å². The predicted molar refractivity (Wildman–Crippen MR) is 288 cm³/mol. The largest absolute Gasteiger partial charge is 0.286 e. The number of carbonyl (C=O) groups excluding carboxylic acids is 2. The molecule has 0 saturated carbocycles. The molecule has 4 aliphatic rings. The molecule has 2 saturated heterocycles. The molecule has 6 aromatic rings. The lowest BCUT2D eigenvalue weighted by atomic mass is 9.90. The summed E-state index contributed by atoms with van der Waals surface area (Å²) < 4.78 is 5.78.